The molecule has 1 aromatic rings. The number of fused-ring (bicyclic) bond motifs is 1. The maximum atomic E-state index is 12.7. The van der Waals surface area contributed by atoms with Gasteiger partial charge in [0.25, 0.3) is 0 Å². The lowest BCUT2D eigenvalue weighted by atomic mass is 9.81. The molecular formula is C19H24N2O3. The first kappa shape index (κ1) is 15.8. The first-order valence-corrected chi connectivity index (χ1v) is 9.01. The summed E-state index contributed by atoms with van der Waals surface area (Å²) in [5.41, 5.74) is 1.88. The van der Waals surface area contributed by atoms with E-state index in [1.165, 1.54) is 4.90 Å². The van der Waals surface area contributed by atoms with Crippen molar-refractivity contribution < 1.29 is 14.3 Å². The van der Waals surface area contributed by atoms with E-state index in [0.717, 1.165) is 69.8 Å². The van der Waals surface area contributed by atoms with Crippen LogP contribution in [-0.4, -0.2) is 43.0 Å². The molecule has 1 aliphatic carbocycles. The van der Waals surface area contributed by atoms with Crippen LogP contribution in [0.2, 0.25) is 0 Å². The standard InChI is InChI=1S/C19H24N2O3/c22-18-16-6-1-2-7-17(16)19(23)21(18)15-5-3-4-14(12-15)13-20-8-10-24-11-9-20/h3-5,12,16-17H,1-2,6-11,13H2/t16-,17+. The van der Waals surface area contributed by atoms with Gasteiger partial charge in [0.05, 0.1) is 30.7 Å². The zero-order chi connectivity index (χ0) is 16.5. The molecule has 0 bridgehead atoms. The Labute approximate surface area is 142 Å². The van der Waals surface area contributed by atoms with Crippen LogP contribution in [-0.2, 0) is 20.9 Å². The average Bonchev–Trinajstić information content (AvgIpc) is 2.87. The summed E-state index contributed by atoms with van der Waals surface area (Å²) in [5, 5.41) is 0. The number of amides is 2. The van der Waals surface area contributed by atoms with Crippen LogP contribution in [0.25, 0.3) is 0 Å². The van der Waals surface area contributed by atoms with E-state index in [1.54, 1.807) is 0 Å². The molecule has 5 heteroatoms. The first-order valence-electron chi connectivity index (χ1n) is 9.01. The minimum atomic E-state index is -0.0888. The maximum Gasteiger partial charge on any atom is 0.237 e. The van der Waals surface area contributed by atoms with Gasteiger partial charge in [0.2, 0.25) is 11.8 Å². The van der Waals surface area contributed by atoms with Gasteiger partial charge in [-0.05, 0) is 30.5 Å². The van der Waals surface area contributed by atoms with Gasteiger partial charge in [-0.25, -0.2) is 0 Å². The highest BCUT2D eigenvalue weighted by Gasteiger charge is 2.48. The second-order valence-electron chi connectivity index (χ2n) is 7.07. The van der Waals surface area contributed by atoms with Gasteiger partial charge in [0.1, 0.15) is 0 Å². The predicted octanol–water partition coefficient (Wildman–Crippen LogP) is 2.20. The number of rotatable bonds is 3. The molecule has 0 radical (unpaired) electrons. The molecule has 1 saturated carbocycles. The minimum absolute atomic E-state index is 0.00761. The quantitative estimate of drug-likeness (QED) is 0.798. The number of carbonyl (C=O) groups excluding carboxylic acids is 2. The third kappa shape index (κ3) is 2.87. The molecule has 1 aromatic carbocycles. The number of ether oxygens (including phenoxy) is 1. The zero-order valence-electron chi connectivity index (χ0n) is 13.9. The summed E-state index contributed by atoms with van der Waals surface area (Å²) < 4.78 is 5.39. The Balaban J connectivity index is 1.54. The van der Waals surface area contributed by atoms with Crippen molar-refractivity contribution in [2.45, 2.75) is 32.2 Å². The topological polar surface area (TPSA) is 49.9 Å². The Hall–Kier alpha value is -1.72. The summed E-state index contributed by atoms with van der Waals surface area (Å²) in [6.07, 6.45) is 3.84. The van der Waals surface area contributed by atoms with E-state index < -0.39 is 0 Å². The van der Waals surface area contributed by atoms with Crippen LogP contribution >= 0.6 is 0 Å². The summed E-state index contributed by atoms with van der Waals surface area (Å²) in [6, 6.07) is 7.91. The molecular weight excluding hydrogens is 304 g/mol. The summed E-state index contributed by atoms with van der Waals surface area (Å²) in [7, 11) is 0. The lowest BCUT2D eigenvalue weighted by Gasteiger charge is -2.27. The van der Waals surface area contributed by atoms with Gasteiger partial charge < -0.3 is 4.74 Å². The van der Waals surface area contributed by atoms with Crippen molar-refractivity contribution in [1.29, 1.82) is 0 Å². The molecule has 0 N–H and O–H groups in total. The fourth-order valence-electron chi connectivity index (χ4n) is 4.23. The lowest BCUT2D eigenvalue weighted by Crippen LogP contribution is -2.35. The number of morpholine rings is 1. The van der Waals surface area contributed by atoms with Crippen molar-refractivity contribution >= 4 is 17.5 Å². The third-order valence-corrected chi connectivity index (χ3v) is 5.52. The highest BCUT2D eigenvalue weighted by atomic mass is 16.5. The number of imide groups is 1. The van der Waals surface area contributed by atoms with Crippen molar-refractivity contribution in [2.75, 3.05) is 31.2 Å². The third-order valence-electron chi connectivity index (χ3n) is 5.52. The van der Waals surface area contributed by atoms with Crippen LogP contribution in [0.15, 0.2) is 24.3 Å². The van der Waals surface area contributed by atoms with E-state index >= 15 is 0 Å². The van der Waals surface area contributed by atoms with Gasteiger partial charge >= 0.3 is 0 Å². The van der Waals surface area contributed by atoms with Crippen molar-refractivity contribution in [1.82, 2.24) is 4.90 Å². The van der Waals surface area contributed by atoms with Crippen LogP contribution in [0.3, 0.4) is 0 Å². The predicted molar refractivity (Wildman–Crippen MR) is 90.5 cm³/mol. The number of hydrogen-bond acceptors (Lipinski definition) is 4. The van der Waals surface area contributed by atoms with E-state index in [2.05, 4.69) is 11.0 Å². The Morgan fingerprint density at radius 1 is 1.00 bits per heavy atom. The van der Waals surface area contributed by atoms with Crippen molar-refractivity contribution in [3.05, 3.63) is 29.8 Å². The Kier molecular flexibility index (Phi) is 4.37. The molecule has 4 rings (SSSR count). The summed E-state index contributed by atoms with van der Waals surface area (Å²) in [4.78, 5) is 29.3. The molecule has 128 valence electrons. The Morgan fingerprint density at radius 3 is 2.33 bits per heavy atom. The fourth-order valence-corrected chi connectivity index (χ4v) is 4.23. The van der Waals surface area contributed by atoms with Crippen molar-refractivity contribution in [2.24, 2.45) is 11.8 Å². The normalized spacial score (nSPS) is 28.2. The van der Waals surface area contributed by atoms with Gasteiger partial charge in [-0.1, -0.05) is 25.0 Å². The number of benzene rings is 1. The van der Waals surface area contributed by atoms with Gasteiger partial charge in [0, 0.05) is 19.6 Å². The maximum absolute atomic E-state index is 12.7. The molecule has 2 aliphatic heterocycles. The van der Waals surface area contributed by atoms with Gasteiger partial charge in [0.15, 0.2) is 0 Å². The monoisotopic (exact) mass is 328 g/mol. The van der Waals surface area contributed by atoms with E-state index in [-0.39, 0.29) is 23.7 Å². The van der Waals surface area contributed by atoms with Crippen molar-refractivity contribution in [3.63, 3.8) is 0 Å². The summed E-state index contributed by atoms with van der Waals surface area (Å²) in [5.74, 6) is -0.162. The number of hydrogen-bond donors (Lipinski definition) is 0. The van der Waals surface area contributed by atoms with Crippen LogP contribution in [0.5, 0.6) is 0 Å². The van der Waals surface area contributed by atoms with Crippen LogP contribution < -0.4 is 4.90 Å². The fraction of sp³-hybridized carbons (Fsp3) is 0.579. The molecule has 3 fully saturated rings. The lowest BCUT2D eigenvalue weighted by molar-refractivity contribution is -0.122. The average molecular weight is 328 g/mol. The van der Waals surface area contributed by atoms with E-state index in [4.69, 9.17) is 4.74 Å². The second kappa shape index (κ2) is 6.65. The molecule has 2 atom stereocenters. The molecule has 0 aromatic heterocycles. The molecule has 24 heavy (non-hydrogen) atoms. The van der Waals surface area contributed by atoms with Crippen LogP contribution in [0.4, 0.5) is 5.69 Å². The van der Waals surface area contributed by atoms with Gasteiger partial charge in [-0.3, -0.25) is 19.4 Å². The van der Waals surface area contributed by atoms with Crippen LogP contribution in [0, 0.1) is 11.8 Å². The molecule has 0 unspecified atom stereocenters. The largest absolute Gasteiger partial charge is 0.379 e. The smallest absolute Gasteiger partial charge is 0.237 e. The molecule has 2 saturated heterocycles. The van der Waals surface area contributed by atoms with Gasteiger partial charge in [-0.2, -0.15) is 0 Å². The molecule has 2 heterocycles. The van der Waals surface area contributed by atoms with Gasteiger partial charge in [-0.15, -0.1) is 0 Å². The second-order valence-corrected chi connectivity index (χ2v) is 7.07. The highest BCUT2D eigenvalue weighted by Crippen LogP contribution is 2.40. The SMILES string of the molecule is O=C1[C@H]2CCCC[C@H]2C(=O)N1c1cccc(CN2CCOCC2)c1. The molecule has 2 amide bonds. The van der Waals surface area contributed by atoms with E-state index in [0.29, 0.717) is 0 Å². The van der Waals surface area contributed by atoms with Crippen molar-refractivity contribution in [3.8, 4) is 0 Å². The van der Waals surface area contributed by atoms with E-state index in [9.17, 15) is 9.59 Å². The number of anilines is 1. The summed E-state index contributed by atoms with van der Waals surface area (Å²) in [6.45, 7) is 4.23. The van der Waals surface area contributed by atoms with E-state index in [1.807, 2.05) is 18.2 Å². The number of carbonyl (C=O) groups is 2. The van der Waals surface area contributed by atoms with Crippen LogP contribution in [0.1, 0.15) is 31.2 Å². The Bertz CT molecular complexity index is 615. The number of nitrogens with zero attached hydrogens (tertiary/aromatic N) is 2. The summed E-state index contributed by atoms with van der Waals surface area (Å²) >= 11 is 0. The molecule has 5 nitrogen and oxygen atoms in total. The highest BCUT2D eigenvalue weighted by molar-refractivity contribution is 6.22. The molecule has 3 aliphatic rings. The molecule has 0 spiro atoms. The first-order chi connectivity index (χ1) is 11.7. The zero-order valence-corrected chi connectivity index (χ0v) is 13.9. The Morgan fingerprint density at radius 2 is 1.67 bits per heavy atom. The minimum Gasteiger partial charge on any atom is -0.379 e.